The molecule has 1 saturated carbocycles. The maximum Gasteiger partial charge on any atom is 0.188 e. The van der Waals surface area contributed by atoms with Gasteiger partial charge in [0, 0.05) is 10.0 Å². The molecule has 1 aromatic carbocycles. The molecular formula is C11H11BrO2. The highest BCUT2D eigenvalue weighted by atomic mass is 79.9. The van der Waals surface area contributed by atoms with Gasteiger partial charge >= 0.3 is 0 Å². The number of halogens is 1. The molecule has 0 bridgehead atoms. The summed E-state index contributed by atoms with van der Waals surface area (Å²) in [5, 5.41) is 0. The molecule has 0 amide bonds. The highest BCUT2D eigenvalue weighted by Crippen LogP contribution is 2.23. The van der Waals surface area contributed by atoms with Crippen molar-refractivity contribution in [2.45, 2.75) is 18.9 Å². The van der Waals surface area contributed by atoms with Gasteiger partial charge in [0.2, 0.25) is 0 Å². The number of rotatable bonds is 4. The quantitative estimate of drug-likeness (QED) is 0.773. The monoisotopic (exact) mass is 254 g/mol. The zero-order valence-electron chi connectivity index (χ0n) is 7.70. The van der Waals surface area contributed by atoms with Gasteiger partial charge in [-0.05, 0) is 25.0 Å². The van der Waals surface area contributed by atoms with Crippen molar-refractivity contribution in [3.63, 3.8) is 0 Å². The Morgan fingerprint density at radius 1 is 1.50 bits per heavy atom. The SMILES string of the molecule is O=C(COC1CC1)c1cccc(Br)c1. The molecule has 0 atom stereocenters. The second-order valence-corrected chi connectivity index (χ2v) is 4.36. The standard InChI is InChI=1S/C11H11BrO2/c12-9-3-1-2-8(6-9)11(13)7-14-10-4-5-10/h1-3,6,10H,4-5,7H2. The summed E-state index contributed by atoms with van der Waals surface area (Å²) in [6, 6.07) is 7.38. The molecule has 1 aromatic rings. The van der Waals surface area contributed by atoms with Crippen LogP contribution in [0, 0.1) is 0 Å². The molecule has 2 rings (SSSR count). The minimum atomic E-state index is 0.0539. The molecule has 1 aliphatic carbocycles. The largest absolute Gasteiger partial charge is 0.370 e. The maximum absolute atomic E-state index is 11.6. The molecule has 0 heterocycles. The number of ether oxygens (including phenoxy) is 1. The van der Waals surface area contributed by atoms with E-state index < -0.39 is 0 Å². The first-order valence-electron chi connectivity index (χ1n) is 4.66. The van der Waals surface area contributed by atoms with Crippen molar-refractivity contribution in [2.24, 2.45) is 0 Å². The second kappa shape index (κ2) is 4.24. The summed E-state index contributed by atoms with van der Waals surface area (Å²) in [4.78, 5) is 11.6. The second-order valence-electron chi connectivity index (χ2n) is 3.44. The summed E-state index contributed by atoms with van der Waals surface area (Å²) in [6.07, 6.45) is 2.54. The number of carbonyl (C=O) groups is 1. The zero-order valence-corrected chi connectivity index (χ0v) is 9.29. The van der Waals surface area contributed by atoms with Crippen molar-refractivity contribution in [1.29, 1.82) is 0 Å². The van der Waals surface area contributed by atoms with Crippen molar-refractivity contribution in [1.82, 2.24) is 0 Å². The maximum atomic E-state index is 11.6. The molecular weight excluding hydrogens is 244 g/mol. The van der Waals surface area contributed by atoms with Crippen molar-refractivity contribution in [2.75, 3.05) is 6.61 Å². The van der Waals surface area contributed by atoms with Crippen LogP contribution in [0.2, 0.25) is 0 Å². The van der Waals surface area contributed by atoms with Crippen LogP contribution < -0.4 is 0 Å². The Kier molecular flexibility index (Phi) is 2.99. The number of hydrogen-bond acceptors (Lipinski definition) is 2. The van der Waals surface area contributed by atoms with Gasteiger partial charge in [-0.15, -0.1) is 0 Å². The highest BCUT2D eigenvalue weighted by Gasteiger charge is 2.23. The third-order valence-electron chi connectivity index (χ3n) is 2.12. The Bertz CT molecular complexity index is 345. The fourth-order valence-electron chi connectivity index (χ4n) is 1.17. The average molecular weight is 255 g/mol. The predicted octanol–water partition coefficient (Wildman–Crippen LogP) is 2.81. The van der Waals surface area contributed by atoms with E-state index in [1.54, 1.807) is 0 Å². The molecule has 0 spiro atoms. The van der Waals surface area contributed by atoms with Crippen molar-refractivity contribution in [3.05, 3.63) is 34.3 Å². The molecule has 74 valence electrons. The number of Topliss-reactive ketones (excluding diaryl/α,β-unsaturated/α-hetero) is 1. The van der Waals surface area contributed by atoms with Gasteiger partial charge in [-0.25, -0.2) is 0 Å². The lowest BCUT2D eigenvalue weighted by Gasteiger charge is -2.02. The Hall–Kier alpha value is -0.670. The average Bonchev–Trinajstić information content (AvgIpc) is 2.97. The van der Waals surface area contributed by atoms with Gasteiger partial charge in [0.25, 0.3) is 0 Å². The molecule has 0 saturated heterocycles. The molecule has 0 N–H and O–H groups in total. The van der Waals surface area contributed by atoms with Gasteiger partial charge in [0.05, 0.1) is 6.10 Å². The number of benzene rings is 1. The molecule has 0 unspecified atom stereocenters. The summed E-state index contributed by atoms with van der Waals surface area (Å²) in [5.74, 6) is 0.0539. The molecule has 1 fully saturated rings. The van der Waals surface area contributed by atoms with Gasteiger partial charge in [-0.2, -0.15) is 0 Å². The lowest BCUT2D eigenvalue weighted by Crippen LogP contribution is -2.09. The minimum absolute atomic E-state index is 0.0539. The molecule has 1 aliphatic rings. The van der Waals surface area contributed by atoms with E-state index in [1.807, 2.05) is 24.3 Å². The molecule has 2 nitrogen and oxygen atoms in total. The normalized spacial score (nSPS) is 15.5. The first-order valence-corrected chi connectivity index (χ1v) is 5.45. The summed E-state index contributed by atoms with van der Waals surface area (Å²) in [5.41, 5.74) is 0.708. The van der Waals surface area contributed by atoms with Crippen molar-refractivity contribution in [3.8, 4) is 0 Å². The summed E-state index contributed by atoms with van der Waals surface area (Å²) >= 11 is 3.33. The Morgan fingerprint density at radius 3 is 2.93 bits per heavy atom. The molecule has 0 aliphatic heterocycles. The van der Waals surface area contributed by atoms with Crippen LogP contribution in [0.1, 0.15) is 23.2 Å². The van der Waals surface area contributed by atoms with Gasteiger partial charge in [0.15, 0.2) is 5.78 Å². The van der Waals surface area contributed by atoms with Crippen LogP contribution in [0.5, 0.6) is 0 Å². The minimum Gasteiger partial charge on any atom is -0.370 e. The van der Waals surface area contributed by atoms with E-state index in [-0.39, 0.29) is 12.4 Å². The molecule has 0 aromatic heterocycles. The van der Waals surface area contributed by atoms with Crippen molar-refractivity contribution >= 4 is 21.7 Å². The third kappa shape index (κ3) is 2.66. The van der Waals surface area contributed by atoms with Gasteiger partial charge in [-0.3, -0.25) is 4.79 Å². The van der Waals surface area contributed by atoms with E-state index in [1.165, 1.54) is 0 Å². The molecule has 3 heteroatoms. The predicted molar refractivity (Wildman–Crippen MR) is 57.4 cm³/mol. The number of hydrogen-bond donors (Lipinski definition) is 0. The fraction of sp³-hybridized carbons (Fsp3) is 0.364. The van der Waals surface area contributed by atoms with Crippen LogP contribution in [0.4, 0.5) is 0 Å². The van der Waals surface area contributed by atoms with Crippen LogP contribution in [0.3, 0.4) is 0 Å². The Morgan fingerprint density at radius 2 is 2.29 bits per heavy atom. The van der Waals surface area contributed by atoms with Crippen LogP contribution in [-0.4, -0.2) is 18.5 Å². The van der Waals surface area contributed by atoms with E-state index in [2.05, 4.69) is 15.9 Å². The van der Waals surface area contributed by atoms with E-state index in [4.69, 9.17) is 4.74 Å². The van der Waals surface area contributed by atoms with Gasteiger partial charge in [-0.1, -0.05) is 28.1 Å². The molecule has 0 radical (unpaired) electrons. The van der Waals surface area contributed by atoms with Crippen LogP contribution in [-0.2, 0) is 4.74 Å². The zero-order chi connectivity index (χ0) is 9.97. The molecule has 14 heavy (non-hydrogen) atoms. The number of ketones is 1. The van der Waals surface area contributed by atoms with Crippen LogP contribution >= 0.6 is 15.9 Å². The lowest BCUT2D eigenvalue weighted by molar-refractivity contribution is 0.0723. The summed E-state index contributed by atoms with van der Waals surface area (Å²) in [7, 11) is 0. The highest BCUT2D eigenvalue weighted by molar-refractivity contribution is 9.10. The van der Waals surface area contributed by atoms with E-state index >= 15 is 0 Å². The van der Waals surface area contributed by atoms with Crippen LogP contribution in [0.25, 0.3) is 0 Å². The van der Waals surface area contributed by atoms with Crippen LogP contribution in [0.15, 0.2) is 28.7 Å². The lowest BCUT2D eigenvalue weighted by atomic mass is 10.1. The Balaban J connectivity index is 1.95. The first kappa shape index (κ1) is 9.87. The third-order valence-corrected chi connectivity index (χ3v) is 2.61. The van der Waals surface area contributed by atoms with Gasteiger partial charge in [0.1, 0.15) is 6.61 Å². The summed E-state index contributed by atoms with van der Waals surface area (Å²) in [6.45, 7) is 0.209. The van der Waals surface area contributed by atoms with E-state index in [0.29, 0.717) is 11.7 Å². The Labute approximate surface area is 91.4 Å². The van der Waals surface area contributed by atoms with Crippen molar-refractivity contribution < 1.29 is 9.53 Å². The van der Waals surface area contributed by atoms with Gasteiger partial charge < -0.3 is 4.74 Å². The van der Waals surface area contributed by atoms with E-state index in [9.17, 15) is 4.79 Å². The van der Waals surface area contributed by atoms with E-state index in [0.717, 1.165) is 17.3 Å². The topological polar surface area (TPSA) is 26.3 Å². The summed E-state index contributed by atoms with van der Waals surface area (Å²) < 4.78 is 6.27. The fourth-order valence-corrected chi connectivity index (χ4v) is 1.57. The first-order chi connectivity index (χ1) is 6.75. The number of carbonyl (C=O) groups excluding carboxylic acids is 1. The smallest absolute Gasteiger partial charge is 0.188 e.